The minimum atomic E-state index is -4.12. The smallest absolute Gasteiger partial charge is 0.404 e. The number of nitrogens with one attached hydrogen (secondary N) is 1. The number of hydrogen-bond donors (Lipinski definition) is 2. The maximum atomic E-state index is 12.9. The topological polar surface area (TPSA) is 97.1 Å². The third-order valence-corrected chi connectivity index (χ3v) is 6.15. The van der Waals surface area contributed by atoms with Gasteiger partial charge in [-0.1, -0.05) is 0 Å². The predicted octanol–water partition coefficient (Wildman–Crippen LogP) is 4.42. The van der Waals surface area contributed by atoms with Gasteiger partial charge in [-0.3, -0.25) is 4.79 Å². The zero-order valence-electron chi connectivity index (χ0n) is 19.0. The first-order chi connectivity index (χ1) is 16.7. The third kappa shape index (κ3) is 6.09. The Hall–Kier alpha value is -3.63. The van der Waals surface area contributed by atoms with Crippen LogP contribution in [0.4, 0.5) is 40.7 Å². The number of nitrogens with zero attached hydrogens (tertiary/aromatic N) is 2. The van der Waals surface area contributed by atoms with Crippen LogP contribution in [0.5, 0.6) is 5.75 Å². The average molecular weight is 492 g/mol. The second-order valence-electron chi connectivity index (χ2n) is 8.51. The minimum absolute atomic E-state index is 0.0904. The van der Waals surface area contributed by atoms with E-state index in [0.29, 0.717) is 37.5 Å². The molecule has 2 heterocycles. The summed E-state index contributed by atoms with van der Waals surface area (Å²) >= 11 is 0. The van der Waals surface area contributed by atoms with Crippen molar-refractivity contribution in [3.8, 4) is 5.75 Å². The van der Waals surface area contributed by atoms with Gasteiger partial charge in [0.25, 0.3) is 5.91 Å². The Bertz CT molecular complexity index is 1050. The highest BCUT2D eigenvalue weighted by Gasteiger charge is 2.41. The van der Waals surface area contributed by atoms with E-state index in [4.69, 9.17) is 15.2 Å². The quantitative estimate of drug-likeness (QED) is 0.556. The summed E-state index contributed by atoms with van der Waals surface area (Å²) in [7, 11) is 0. The van der Waals surface area contributed by atoms with Crippen LogP contribution in [0.1, 0.15) is 19.3 Å². The molecular formula is C24H27F3N4O4. The molecule has 0 aromatic heterocycles. The summed E-state index contributed by atoms with van der Waals surface area (Å²) in [4.78, 5) is 26.5. The van der Waals surface area contributed by atoms with Crippen LogP contribution in [0.25, 0.3) is 0 Å². The van der Waals surface area contributed by atoms with Crippen LogP contribution in [0.3, 0.4) is 0 Å². The maximum Gasteiger partial charge on any atom is 0.404 e. The van der Waals surface area contributed by atoms with E-state index >= 15 is 0 Å². The number of hydrogen-bond acceptors (Lipinski definition) is 6. The highest BCUT2D eigenvalue weighted by atomic mass is 19.4. The van der Waals surface area contributed by atoms with E-state index in [2.05, 4.69) is 5.32 Å². The van der Waals surface area contributed by atoms with Gasteiger partial charge in [0.2, 0.25) is 0 Å². The number of carbonyl (C=O) groups is 2. The van der Waals surface area contributed by atoms with E-state index in [9.17, 15) is 22.8 Å². The molecule has 2 aliphatic rings. The standard InChI is InChI=1S/C24H27F3N4O4/c25-24(26,27)16-8-11-30(12-9-16)19-5-2-17(3-6-19)29-18-4-7-20-21(14-18)35-15-22(32)31(20)10-1-13-34-23(28)33/h2-7,14,16,29H,1,8-13,15H2,(H2,28,33). The van der Waals surface area contributed by atoms with E-state index in [1.54, 1.807) is 17.0 Å². The fraction of sp³-hybridized carbons (Fsp3) is 0.417. The number of piperidine rings is 1. The summed E-state index contributed by atoms with van der Waals surface area (Å²) in [6, 6.07) is 12.9. The van der Waals surface area contributed by atoms with E-state index < -0.39 is 18.2 Å². The van der Waals surface area contributed by atoms with Crippen molar-refractivity contribution >= 4 is 34.7 Å². The lowest BCUT2D eigenvalue weighted by atomic mass is 9.96. The number of nitrogens with two attached hydrogens (primary N) is 1. The Labute approximate surface area is 200 Å². The number of ether oxygens (including phenoxy) is 2. The van der Waals surface area contributed by atoms with Gasteiger partial charge in [0.15, 0.2) is 6.61 Å². The first-order valence-electron chi connectivity index (χ1n) is 11.4. The molecule has 188 valence electrons. The van der Waals surface area contributed by atoms with Crippen molar-refractivity contribution in [1.82, 2.24) is 0 Å². The van der Waals surface area contributed by atoms with Crippen molar-refractivity contribution in [3.05, 3.63) is 42.5 Å². The molecule has 0 radical (unpaired) electrons. The molecule has 4 rings (SSSR count). The Morgan fingerprint density at radius 3 is 2.46 bits per heavy atom. The van der Waals surface area contributed by atoms with Gasteiger partial charge in [-0.25, -0.2) is 4.79 Å². The fourth-order valence-electron chi connectivity index (χ4n) is 4.31. The van der Waals surface area contributed by atoms with Crippen molar-refractivity contribution in [3.63, 3.8) is 0 Å². The third-order valence-electron chi connectivity index (χ3n) is 6.15. The normalized spacial score (nSPS) is 16.5. The number of anilines is 4. The summed E-state index contributed by atoms with van der Waals surface area (Å²) in [6.07, 6.45) is -4.32. The van der Waals surface area contributed by atoms with Crippen molar-refractivity contribution in [2.24, 2.45) is 11.7 Å². The lowest BCUT2D eigenvalue weighted by molar-refractivity contribution is -0.179. The molecule has 0 unspecified atom stereocenters. The number of halogens is 3. The summed E-state index contributed by atoms with van der Waals surface area (Å²) in [5.74, 6) is -0.859. The van der Waals surface area contributed by atoms with Gasteiger partial charge < -0.3 is 30.3 Å². The van der Waals surface area contributed by atoms with Gasteiger partial charge in [0, 0.05) is 42.8 Å². The van der Waals surface area contributed by atoms with E-state index in [-0.39, 0.29) is 32.0 Å². The van der Waals surface area contributed by atoms with E-state index in [1.807, 2.05) is 35.2 Å². The Morgan fingerprint density at radius 2 is 1.80 bits per heavy atom. The number of benzene rings is 2. The van der Waals surface area contributed by atoms with Crippen molar-refractivity contribution in [2.45, 2.75) is 25.4 Å². The van der Waals surface area contributed by atoms with E-state index in [1.165, 1.54) is 0 Å². The number of rotatable bonds is 7. The van der Waals surface area contributed by atoms with Crippen LogP contribution >= 0.6 is 0 Å². The van der Waals surface area contributed by atoms with Gasteiger partial charge in [-0.05, 0) is 55.7 Å². The van der Waals surface area contributed by atoms with Crippen LogP contribution in [-0.4, -0.2) is 51.0 Å². The minimum Gasteiger partial charge on any atom is -0.481 e. The summed E-state index contributed by atoms with van der Waals surface area (Å²) in [5, 5.41) is 3.28. The molecule has 11 heteroatoms. The van der Waals surface area contributed by atoms with Gasteiger partial charge in [-0.2, -0.15) is 13.2 Å². The molecule has 2 aliphatic heterocycles. The fourth-order valence-corrected chi connectivity index (χ4v) is 4.31. The van der Waals surface area contributed by atoms with Gasteiger partial charge >= 0.3 is 12.3 Å². The number of alkyl halides is 3. The SMILES string of the molecule is NC(=O)OCCCN1C(=O)COc2cc(Nc3ccc(N4CCC(C(F)(F)F)CC4)cc3)ccc21. The molecule has 0 aliphatic carbocycles. The lowest BCUT2D eigenvalue weighted by Crippen LogP contribution is -2.39. The lowest BCUT2D eigenvalue weighted by Gasteiger charge is -2.34. The Balaban J connectivity index is 1.36. The predicted molar refractivity (Wildman–Crippen MR) is 125 cm³/mol. The molecule has 2 aromatic carbocycles. The number of fused-ring (bicyclic) bond motifs is 1. The molecule has 0 atom stereocenters. The number of carbonyl (C=O) groups excluding carboxylic acids is 2. The summed E-state index contributed by atoms with van der Waals surface area (Å²) in [6.45, 7) is 1.14. The maximum absolute atomic E-state index is 12.9. The summed E-state index contributed by atoms with van der Waals surface area (Å²) in [5.41, 5.74) is 8.04. The van der Waals surface area contributed by atoms with Crippen LogP contribution in [0.15, 0.2) is 42.5 Å². The van der Waals surface area contributed by atoms with Gasteiger partial charge in [0.05, 0.1) is 18.2 Å². The van der Waals surface area contributed by atoms with Crippen molar-refractivity contribution in [1.29, 1.82) is 0 Å². The second-order valence-corrected chi connectivity index (χ2v) is 8.51. The molecule has 2 aromatic rings. The molecule has 0 saturated carbocycles. The highest BCUT2D eigenvalue weighted by molar-refractivity contribution is 5.98. The van der Waals surface area contributed by atoms with E-state index in [0.717, 1.165) is 17.1 Å². The highest BCUT2D eigenvalue weighted by Crippen LogP contribution is 2.37. The van der Waals surface area contributed by atoms with Gasteiger partial charge in [-0.15, -0.1) is 0 Å². The Kier molecular flexibility index (Phi) is 7.23. The monoisotopic (exact) mass is 492 g/mol. The molecule has 2 amide bonds. The molecular weight excluding hydrogens is 465 g/mol. The number of primary amides is 1. The second kappa shape index (κ2) is 10.3. The first kappa shape index (κ1) is 24.5. The molecule has 0 spiro atoms. The van der Waals surface area contributed by atoms with Crippen LogP contribution in [0.2, 0.25) is 0 Å². The molecule has 35 heavy (non-hydrogen) atoms. The largest absolute Gasteiger partial charge is 0.481 e. The molecule has 1 saturated heterocycles. The molecule has 8 nitrogen and oxygen atoms in total. The van der Waals surface area contributed by atoms with Crippen molar-refractivity contribution < 1.29 is 32.2 Å². The Morgan fingerprint density at radius 1 is 1.11 bits per heavy atom. The molecule has 1 fully saturated rings. The number of amides is 2. The zero-order valence-corrected chi connectivity index (χ0v) is 19.0. The first-order valence-corrected chi connectivity index (χ1v) is 11.4. The summed E-state index contributed by atoms with van der Waals surface area (Å²) < 4.78 is 49.0. The molecule has 0 bridgehead atoms. The average Bonchev–Trinajstić information content (AvgIpc) is 2.83. The van der Waals surface area contributed by atoms with Crippen LogP contribution in [-0.2, 0) is 9.53 Å². The molecule has 3 N–H and O–H groups in total. The van der Waals surface area contributed by atoms with Crippen LogP contribution in [0, 0.1) is 5.92 Å². The van der Waals surface area contributed by atoms with Crippen LogP contribution < -0.4 is 25.6 Å². The van der Waals surface area contributed by atoms with Gasteiger partial charge in [0.1, 0.15) is 5.75 Å². The zero-order chi connectivity index (χ0) is 25.0. The van der Waals surface area contributed by atoms with Crippen molar-refractivity contribution in [2.75, 3.05) is 48.0 Å².